The van der Waals surface area contributed by atoms with Crippen LogP contribution in [0.25, 0.3) is 0 Å². The molecule has 1 fully saturated rings. The molecule has 17 heavy (non-hydrogen) atoms. The summed E-state index contributed by atoms with van der Waals surface area (Å²) in [6.45, 7) is 2.35. The highest BCUT2D eigenvalue weighted by atomic mass is 32.1. The van der Waals surface area contributed by atoms with Crippen molar-refractivity contribution < 1.29 is 14.7 Å². The summed E-state index contributed by atoms with van der Waals surface area (Å²) in [6.07, 6.45) is 1.62. The van der Waals surface area contributed by atoms with E-state index < -0.39 is 5.97 Å². The molecule has 1 saturated heterocycles. The van der Waals surface area contributed by atoms with E-state index in [0.29, 0.717) is 17.1 Å². The first-order valence-electron chi connectivity index (χ1n) is 5.41. The number of carboxylic acid groups (broad SMARTS) is 1. The number of aryl methyl sites for hydroxylation is 1. The van der Waals surface area contributed by atoms with Crippen LogP contribution in [0.15, 0.2) is 0 Å². The van der Waals surface area contributed by atoms with Gasteiger partial charge in [0.05, 0.1) is 12.1 Å². The van der Waals surface area contributed by atoms with E-state index in [1.807, 2.05) is 0 Å². The predicted octanol–water partition coefficient (Wildman–Crippen LogP) is 0.926. The first-order valence-corrected chi connectivity index (χ1v) is 6.18. The van der Waals surface area contributed by atoms with Gasteiger partial charge in [0.15, 0.2) is 0 Å². The molecule has 1 aliphatic rings. The van der Waals surface area contributed by atoms with Crippen molar-refractivity contribution in [1.82, 2.24) is 14.5 Å². The summed E-state index contributed by atoms with van der Waals surface area (Å²) in [7, 11) is 0. The Morgan fingerprint density at radius 2 is 2.35 bits per heavy atom. The number of carboxylic acids is 1. The Labute approximate surface area is 102 Å². The lowest BCUT2D eigenvalue weighted by molar-refractivity contribution is -0.137. The van der Waals surface area contributed by atoms with Gasteiger partial charge in [-0.3, -0.25) is 9.59 Å². The lowest BCUT2D eigenvalue weighted by atomic mass is 10.1. The van der Waals surface area contributed by atoms with Gasteiger partial charge < -0.3 is 10.0 Å². The number of hydrogen-bond donors (Lipinski definition) is 1. The topological polar surface area (TPSA) is 83.4 Å². The van der Waals surface area contributed by atoms with Gasteiger partial charge in [0.25, 0.3) is 5.91 Å². The zero-order valence-electron chi connectivity index (χ0n) is 9.42. The van der Waals surface area contributed by atoms with E-state index >= 15 is 0 Å². The highest BCUT2D eigenvalue weighted by Crippen LogP contribution is 2.24. The normalized spacial score (nSPS) is 19.6. The summed E-state index contributed by atoms with van der Waals surface area (Å²) in [4.78, 5) is 25.1. The van der Waals surface area contributed by atoms with E-state index in [0.717, 1.165) is 24.4 Å². The maximum absolute atomic E-state index is 12.2. The molecular formula is C10H13N3O3S. The van der Waals surface area contributed by atoms with Gasteiger partial charge in [0.2, 0.25) is 0 Å². The standard InChI is InChI=1S/C10H13N3O3S/c1-6-9(17-12-11-6)10(16)13-4-2-3-7(13)5-8(14)15/h7H,2-5H2,1H3,(H,14,15). The molecule has 0 aliphatic carbocycles. The van der Waals surface area contributed by atoms with E-state index in [9.17, 15) is 9.59 Å². The lowest BCUT2D eigenvalue weighted by Gasteiger charge is -2.22. The lowest BCUT2D eigenvalue weighted by Crippen LogP contribution is -2.36. The Morgan fingerprint density at radius 3 is 2.94 bits per heavy atom. The van der Waals surface area contributed by atoms with Crippen LogP contribution in [-0.4, -0.2) is 44.1 Å². The van der Waals surface area contributed by atoms with Crippen LogP contribution in [0.1, 0.15) is 34.6 Å². The number of carbonyl (C=O) groups excluding carboxylic acids is 1. The quantitative estimate of drug-likeness (QED) is 0.868. The van der Waals surface area contributed by atoms with Crippen molar-refractivity contribution in [2.75, 3.05) is 6.54 Å². The molecule has 0 aromatic carbocycles. The van der Waals surface area contributed by atoms with E-state index in [-0.39, 0.29) is 18.4 Å². The molecule has 1 unspecified atom stereocenters. The van der Waals surface area contributed by atoms with Crippen LogP contribution in [0, 0.1) is 6.92 Å². The van der Waals surface area contributed by atoms with Gasteiger partial charge in [0.1, 0.15) is 4.88 Å². The van der Waals surface area contributed by atoms with E-state index in [1.165, 1.54) is 0 Å². The van der Waals surface area contributed by atoms with E-state index in [4.69, 9.17) is 5.11 Å². The van der Waals surface area contributed by atoms with Crippen LogP contribution in [0.5, 0.6) is 0 Å². The minimum absolute atomic E-state index is 0.0109. The van der Waals surface area contributed by atoms with Gasteiger partial charge in [-0.2, -0.15) is 0 Å². The number of hydrogen-bond acceptors (Lipinski definition) is 5. The third-order valence-corrected chi connectivity index (χ3v) is 3.71. The number of likely N-dealkylation sites (tertiary alicyclic amines) is 1. The molecule has 2 rings (SSSR count). The number of aromatic nitrogens is 2. The largest absolute Gasteiger partial charge is 0.481 e. The first kappa shape index (κ1) is 12.0. The van der Waals surface area contributed by atoms with E-state index in [2.05, 4.69) is 9.59 Å². The highest BCUT2D eigenvalue weighted by molar-refractivity contribution is 7.07. The average Bonchev–Trinajstić information content (AvgIpc) is 2.85. The molecule has 1 aromatic heterocycles. The summed E-state index contributed by atoms with van der Waals surface area (Å²) in [5, 5.41) is 12.6. The maximum Gasteiger partial charge on any atom is 0.305 e. The van der Waals surface area contributed by atoms with Gasteiger partial charge in [-0.1, -0.05) is 4.49 Å². The molecule has 0 saturated carbocycles. The van der Waals surface area contributed by atoms with Gasteiger partial charge in [-0.25, -0.2) is 0 Å². The second kappa shape index (κ2) is 4.79. The molecule has 6 nitrogen and oxygen atoms in total. The first-order chi connectivity index (χ1) is 8.09. The molecule has 92 valence electrons. The van der Waals surface area contributed by atoms with Crippen LogP contribution in [0.4, 0.5) is 0 Å². The van der Waals surface area contributed by atoms with Crippen molar-refractivity contribution in [2.24, 2.45) is 0 Å². The average molecular weight is 255 g/mol. The van der Waals surface area contributed by atoms with Crippen LogP contribution in [0.3, 0.4) is 0 Å². The van der Waals surface area contributed by atoms with Crippen LogP contribution < -0.4 is 0 Å². The molecule has 1 amide bonds. The zero-order chi connectivity index (χ0) is 12.4. The second-order valence-corrected chi connectivity index (χ2v) is 4.83. The Morgan fingerprint density at radius 1 is 1.59 bits per heavy atom. The van der Waals surface area contributed by atoms with Crippen LogP contribution in [-0.2, 0) is 4.79 Å². The van der Waals surface area contributed by atoms with Crippen molar-refractivity contribution in [2.45, 2.75) is 32.2 Å². The summed E-state index contributed by atoms with van der Waals surface area (Å²) in [6, 6.07) is -0.193. The van der Waals surface area contributed by atoms with Crippen molar-refractivity contribution in [3.8, 4) is 0 Å². The Bertz CT molecular complexity index is 446. The Kier molecular flexibility index (Phi) is 3.37. The second-order valence-electron chi connectivity index (χ2n) is 4.08. The van der Waals surface area contributed by atoms with Crippen molar-refractivity contribution in [1.29, 1.82) is 0 Å². The highest BCUT2D eigenvalue weighted by Gasteiger charge is 2.32. The predicted molar refractivity (Wildman–Crippen MR) is 61.0 cm³/mol. The maximum atomic E-state index is 12.2. The fourth-order valence-corrected chi connectivity index (χ4v) is 2.69. The van der Waals surface area contributed by atoms with Crippen molar-refractivity contribution >= 4 is 23.4 Å². The third-order valence-electron chi connectivity index (χ3n) is 2.89. The number of aliphatic carboxylic acids is 1. The smallest absolute Gasteiger partial charge is 0.305 e. The van der Waals surface area contributed by atoms with Gasteiger partial charge in [-0.05, 0) is 31.3 Å². The molecule has 1 aromatic rings. The van der Waals surface area contributed by atoms with Gasteiger partial charge >= 0.3 is 5.97 Å². The fraction of sp³-hybridized carbons (Fsp3) is 0.600. The molecule has 1 aliphatic heterocycles. The van der Waals surface area contributed by atoms with E-state index in [1.54, 1.807) is 11.8 Å². The molecule has 1 atom stereocenters. The Balaban J connectivity index is 2.14. The minimum atomic E-state index is -0.867. The number of carbonyl (C=O) groups is 2. The Hall–Kier alpha value is -1.50. The molecule has 7 heteroatoms. The molecule has 1 N–H and O–H groups in total. The molecule has 0 spiro atoms. The van der Waals surface area contributed by atoms with Crippen LogP contribution in [0.2, 0.25) is 0 Å². The molecule has 0 bridgehead atoms. The van der Waals surface area contributed by atoms with Crippen LogP contribution >= 0.6 is 11.5 Å². The van der Waals surface area contributed by atoms with Gasteiger partial charge in [0, 0.05) is 12.6 Å². The van der Waals surface area contributed by atoms with Gasteiger partial charge in [-0.15, -0.1) is 5.10 Å². The zero-order valence-corrected chi connectivity index (χ0v) is 10.2. The SMILES string of the molecule is Cc1nnsc1C(=O)N1CCCC1CC(=O)O. The third kappa shape index (κ3) is 2.44. The molecule has 2 heterocycles. The fourth-order valence-electron chi connectivity index (χ4n) is 2.08. The van der Waals surface area contributed by atoms with Crippen molar-refractivity contribution in [3.63, 3.8) is 0 Å². The molecule has 0 radical (unpaired) electrons. The molecular weight excluding hydrogens is 242 g/mol. The summed E-state index contributed by atoms with van der Waals surface area (Å²) in [5.74, 6) is -1.00. The number of rotatable bonds is 3. The minimum Gasteiger partial charge on any atom is -0.481 e. The van der Waals surface area contributed by atoms with Crippen molar-refractivity contribution in [3.05, 3.63) is 10.6 Å². The number of nitrogens with zero attached hydrogens (tertiary/aromatic N) is 3. The summed E-state index contributed by atoms with van der Waals surface area (Å²) in [5.41, 5.74) is 0.612. The monoisotopic (exact) mass is 255 g/mol. The number of amides is 1. The summed E-state index contributed by atoms with van der Waals surface area (Å²) < 4.78 is 3.73. The summed E-state index contributed by atoms with van der Waals surface area (Å²) >= 11 is 1.07.